The Balaban J connectivity index is 1.62. The van der Waals surface area contributed by atoms with Crippen LogP contribution in [0, 0.1) is 13.8 Å². The highest BCUT2D eigenvalue weighted by atomic mass is 16.5. The van der Waals surface area contributed by atoms with Gasteiger partial charge in [-0.2, -0.15) is 0 Å². The average Bonchev–Trinajstić information content (AvgIpc) is 2.81. The Labute approximate surface area is 194 Å². The van der Waals surface area contributed by atoms with Gasteiger partial charge >= 0.3 is 0 Å². The summed E-state index contributed by atoms with van der Waals surface area (Å²) in [6.07, 6.45) is 3.50. The molecule has 0 unspecified atom stereocenters. The maximum atomic E-state index is 13.7. The first-order valence-corrected chi connectivity index (χ1v) is 11.5. The number of ether oxygens (including phenoxy) is 1. The van der Waals surface area contributed by atoms with Gasteiger partial charge in [0.05, 0.1) is 25.1 Å². The lowest BCUT2D eigenvalue weighted by Crippen LogP contribution is -2.68. The number of hydrogen-bond acceptors (Lipinski definition) is 4. The third-order valence-corrected chi connectivity index (χ3v) is 6.79. The van der Waals surface area contributed by atoms with Gasteiger partial charge < -0.3 is 20.3 Å². The number of amides is 3. The van der Waals surface area contributed by atoms with E-state index in [4.69, 9.17) is 4.74 Å². The summed E-state index contributed by atoms with van der Waals surface area (Å²) in [4.78, 5) is 41.5. The zero-order chi connectivity index (χ0) is 23.5. The molecule has 1 saturated carbocycles. The zero-order valence-electron chi connectivity index (χ0n) is 19.4. The van der Waals surface area contributed by atoms with Gasteiger partial charge in [0.1, 0.15) is 11.8 Å². The molecule has 1 aliphatic heterocycles. The first-order valence-electron chi connectivity index (χ1n) is 11.5. The second kappa shape index (κ2) is 9.65. The molecule has 0 bridgehead atoms. The smallest absolute Gasteiger partial charge is 0.258 e. The van der Waals surface area contributed by atoms with Crippen molar-refractivity contribution in [1.82, 2.24) is 10.2 Å². The Hall–Kier alpha value is -3.35. The number of para-hydroxylation sites is 1. The van der Waals surface area contributed by atoms with Gasteiger partial charge in [0.15, 0.2) is 0 Å². The lowest BCUT2D eigenvalue weighted by Gasteiger charge is -2.48. The van der Waals surface area contributed by atoms with Gasteiger partial charge in [0.2, 0.25) is 11.8 Å². The van der Waals surface area contributed by atoms with Crippen molar-refractivity contribution < 1.29 is 19.1 Å². The highest BCUT2D eigenvalue weighted by molar-refractivity contribution is 6.03. The Morgan fingerprint density at radius 1 is 1.09 bits per heavy atom. The largest absolute Gasteiger partial charge is 0.496 e. The number of carbonyl (C=O) groups excluding carboxylic acids is 3. The number of aryl methyl sites for hydroxylation is 2. The van der Waals surface area contributed by atoms with Crippen LogP contribution in [0.25, 0.3) is 0 Å². The van der Waals surface area contributed by atoms with E-state index < -0.39 is 6.04 Å². The van der Waals surface area contributed by atoms with Crippen LogP contribution in [0.2, 0.25) is 0 Å². The molecule has 1 saturated heterocycles. The molecule has 7 nitrogen and oxygen atoms in total. The van der Waals surface area contributed by atoms with E-state index in [0.717, 1.165) is 36.8 Å². The van der Waals surface area contributed by atoms with Crippen LogP contribution in [0.5, 0.6) is 5.75 Å². The molecule has 0 radical (unpaired) electrons. The molecule has 2 fully saturated rings. The van der Waals surface area contributed by atoms with Crippen molar-refractivity contribution in [3.05, 3.63) is 59.2 Å². The minimum absolute atomic E-state index is 0.0935. The summed E-state index contributed by atoms with van der Waals surface area (Å²) in [5.74, 6) is -0.399. The van der Waals surface area contributed by atoms with E-state index in [9.17, 15) is 14.4 Å². The molecule has 2 aromatic rings. The second-order valence-corrected chi connectivity index (χ2v) is 8.95. The number of piperazine rings is 1. The maximum Gasteiger partial charge on any atom is 0.258 e. The van der Waals surface area contributed by atoms with Crippen molar-refractivity contribution in [3.63, 3.8) is 0 Å². The number of anilines is 1. The summed E-state index contributed by atoms with van der Waals surface area (Å²) in [6, 6.07) is 11.6. The van der Waals surface area contributed by atoms with Gasteiger partial charge in [-0.05, 0) is 62.1 Å². The summed E-state index contributed by atoms with van der Waals surface area (Å²) in [6.45, 7) is 3.99. The van der Waals surface area contributed by atoms with Crippen LogP contribution in [0.1, 0.15) is 53.6 Å². The van der Waals surface area contributed by atoms with Crippen LogP contribution in [0.3, 0.4) is 0 Å². The van der Waals surface area contributed by atoms with Crippen molar-refractivity contribution >= 4 is 23.4 Å². The lowest BCUT2D eigenvalue weighted by molar-refractivity contribution is -0.135. The van der Waals surface area contributed by atoms with Gasteiger partial charge in [0.25, 0.3) is 5.91 Å². The molecule has 174 valence electrons. The Morgan fingerprint density at radius 2 is 1.85 bits per heavy atom. The number of nitrogens with zero attached hydrogens (tertiary/aromatic N) is 1. The molecular formula is C26H31N3O4. The van der Waals surface area contributed by atoms with Crippen molar-refractivity contribution in [1.29, 1.82) is 0 Å². The van der Waals surface area contributed by atoms with Crippen LogP contribution in [-0.4, -0.2) is 47.9 Å². The van der Waals surface area contributed by atoms with Gasteiger partial charge in [-0.25, -0.2) is 0 Å². The SMILES string of the molecule is COc1ccccc1C(=O)N1[C@H](CC(=O)Nc2ccc(C)c(C)c2)C(=O)N[C@H]2CCCC[C@H]21. The third kappa shape index (κ3) is 4.72. The summed E-state index contributed by atoms with van der Waals surface area (Å²) in [7, 11) is 1.52. The molecule has 2 N–H and O–H groups in total. The minimum Gasteiger partial charge on any atom is -0.496 e. The van der Waals surface area contributed by atoms with Crippen molar-refractivity contribution in [2.24, 2.45) is 0 Å². The molecule has 2 aromatic carbocycles. The number of carbonyl (C=O) groups is 3. The normalized spacial score (nSPS) is 22.2. The second-order valence-electron chi connectivity index (χ2n) is 8.95. The number of rotatable bonds is 5. The number of hydrogen-bond donors (Lipinski definition) is 2. The minimum atomic E-state index is -0.881. The van der Waals surface area contributed by atoms with Gasteiger partial charge in [-0.1, -0.05) is 31.0 Å². The van der Waals surface area contributed by atoms with Crippen molar-refractivity contribution in [3.8, 4) is 5.75 Å². The monoisotopic (exact) mass is 449 g/mol. The predicted molar refractivity (Wildman–Crippen MR) is 126 cm³/mol. The van der Waals surface area contributed by atoms with Crippen LogP contribution in [0.4, 0.5) is 5.69 Å². The molecule has 33 heavy (non-hydrogen) atoms. The fraction of sp³-hybridized carbons (Fsp3) is 0.423. The first-order chi connectivity index (χ1) is 15.9. The van der Waals surface area contributed by atoms with Crippen LogP contribution in [-0.2, 0) is 9.59 Å². The summed E-state index contributed by atoms with van der Waals surface area (Å²) < 4.78 is 5.41. The maximum absolute atomic E-state index is 13.7. The highest BCUT2D eigenvalue weighted by Gasteiger charge is 2.46. The first kappa shape index (κ1) is 22.8. The summed E-state index contributed by atoms with van der Waals surface area (Å²) >= 11 is 0. The van der Waals surface area contributed by atoms with Crippen LogP contribution < -0.4 is 15.4 Å². The Kier molecular flexibility index (Phi) is 6.67. The molecular weight excluding hydrogens is 418 g/mol. The molecule has 1 aliphatic carbocycles. The Bertz CT molecular complexity index is 1070. The molecule has 2 aliphatic rings. The number of methoxy groups -OCH3 is 1. The molecule has 0 aromatic heterocycles. The number of fused-ring (bicyclic) bond motifs is 1. The van der Waals surface area contributed by atoms with Crippen LogP contribution >= 0.6 is 0 Å². The fourth-order valence-corrected chi connectivity index (χ4v) is 4.90. The van der Waals surface area contributed by atoms with Crippen LogP contribution in [0.15, 0.2) is 42.5 Å². The third-order valence-electron chi connectivity index (χ3n) is 6.79. The molecule has 3 atom stereocenters. The van der Waals surface area contributed by atoms with E-state index in [1.165, 1.54) is 7.11 Å². The van der Waals surface area contributed by atoms with Gasteiger partial charge in [-0.15, -0.1) is 0 Å². The van der Waals surface area contributed by atoms with E-state index in [1.54, 1.807) is 29.2 Å². The topological polar surface area (TPSA) is 87.7 Å². The predicted octanol–water partition coefficient (Wildman–Crippen LogP) is 3.59. The molecule has 3 amide bonds. The van der Waals surface area contributed by atoms with E-state index in [1.807, 2.05) is 32.0 Å². The molecule has 4 rings (SSSR count). The van der Waals surface area contributed by atoms with E-state index in [-0.39, 0.29) is 36.2 Å². The fourth-order valence-electron chi connectivity index (χ4n) is 4.90. The van der Waals surface area contributed by atoms with E-state index in [2.05, 4.69) is 10.6 Å². The summed E-state index contributed by atoms with van der Waals surface area (Å²) in [5.41, 5.74) is 3.29. The van der Waals surface area contributed by atoms with Crippen molar-refractivity contribution in [2.75, 3.05) is 12.4 Å². The molecule has 0 spiro atoms. The van der Waals surface area contributed by atoms with E-state index >= 15 is 0 Å². The standard InChI is InChI=1S/C26H31N3O4/c1-16-12-13-18(14-17(16)2)27-24(30)15-22-25(31)28-20-9-5-6-10-21(20)29(22)26(32)19-8-4-7-11-23(19)33-3/h4,7-8,11-14,20-22H,5-6,9-10,15H2,1-3H3,(H,27,30)(H,28,31)/t20-,21+,22+/m0/s1. The average molecular weight is 450 g/mol. The number of benzene rings is 2. The molecule has 7 heteroatoms. The zero-order valence-corrected chi connectivity index (χ0v) is 19.4. The number of nitrogens with one attached hydrogen (secondary N) is 2. The van der Waals surface area contributed by atoms with Gasteiger partial charge in [-0.3, -0.25) is 14.4 Å². The van der Waals surface area contributed by atoms with E-state index in [0.29, 0.717) is 17.0 Å². The van der Waals surface area contributed by atoms with Crippen molar-refractivity contribution in [2.45, 2.75) is 64.1 Å². The molecule has 1 heterocycles. The lowest BCUT2D eigenvalue weighted by atomic mass is 9.84. The Morgan fingerprint density at radius 3 is 2.61 bits per heavy atom. The highest BCUT2D eigenvalue weighted by Crippen LogP contribution is 2.32. The quantitative estimate of drug-likeness (QED) is 0.730. The van der Waals surface area contributed by atoms with Gasteiger partial charge in [0, 0.05) is 11.7 Å². The summed E-state index contributed by atoms with van der Waals surface area (Å²) in [5, 5.41) is 5.97.